The van der Waals surface area contributed by atoms with Gasteiger partial charge in [-0.05, 0) is 38.0 Å². The first kappa shape index (κ1) is 18.7. The summed E-state index contributed by atoms with van der Waals surface area (Å²) < 4.78 is 11.5. The van der Waals surface area contributed by atoms with Gasteiger partial charge in [0.1, 0.15) is 23.3 Å². The third-order valence-electron chi connectivity index (χ3n) is 4.40. The van der Waals surface area contributed by atoms with Gasteiger partial charge in [-0.25, -0.2) is 0 Å². The van der Waals surface area contributed by atoms with Crippen LogP contribution in [0.5, 0.6) is 11.5 Å². The number of piperidine rings is 1. The number of aryl methyl sites for hydroxylation is 1. The maximum atomic E-state index is 12.5. The Bertz CT molecular complexity index is 807. The number of amides is 2. The number of nitrogens with zero attached hydrogens (tertiary/aromatic N) is 2. The second-order valence-corrected chi connectivity index (χ2v) is 6.56. The van der Waals surface area contributed by atoms with E-state index in [9.17, 15) is 9.59 Å². The molecule has 1 unspecified atom stereocenters. The Kier molecular flexibility index (Phi) is 5.90. The lowest BCUT2D eigenvalue weighted by Crippen LogP contribution is -2.46. The van der Waals surface area contributed by atoms with Crippen molar-refractivity contribution in [1.82, 2.24) is 9.88 Å². The molecule has 1 fully saturated rings. The summed E-state index contributed by atoms with van der Waals surface area (Å²) in [5, 5.41) is 0. The zero-order valence-electron chi connectivity index (χ0n) is 15.3. The molecule has 1 aliphatic rings. The molecule has 2 amide bonds. The summed E-state index contributed by atoms with van der Waals surface area (Å²) >= 11 is 0. The second-order valence-electron chi connectivity index (χ2n) is 6.56. The summed E-state index contributed by atoms with van der Waals surface area (Å²) in [4.78, 5) is 29.3. The SMILES string of the molecule is Cc1ccc(OCC(=O)N2CCCC(Oc3ccnc(C(N)=O)c3)C2)cc1. The van der Waals surface area contributed by atoms with Crippen molar-refractivity contribution < 1.29 is 19.1 Å². The summed E-state index contributed by atoms with van der Waals surface area (Å²) in [7, 11) is 0. The van der Waals surface area contributed by atoms with Crippen LogP contribution < -0.4 is 15.2 Å². The number of pyridine rings is 1. The van der Waals surface area contributed by atoms with Crippen LogP contribution in [0.4, 0.5) is 0 Å². The van der Waals surface area contributed by atoms with Gasteiger partial charge in [0.05, 0.1) is 6.54 Å². The maximum Gasteiger partial charge on any atom is 0.267 e. The van der Waals surface area contributed by atoms with Gasteiger partial charge in [0.2, 0.25) is 0 Å². The number of hydrogen-bond acceptors (Lipinski definition) is 5. The molecule has 2 aromatic rings. The number of ether oxygens (including phenoxy) is 2. The van der Waals surface area contributed by atoms with Crippen molar-refractivity contribution in [3.05, 3.63) is 53.9 Å². The van der Waals surface area contributed by atoms with E-state index in [1.807, 2.05) is 31.2 Å². The number of carbonyl (C=O) groups excluding carboxylic acids is 2. The van der Waals surface area contributed by atoms with Crippen LogP contribution in [-0.4, -0.2) is 47.5 Å². The van der Waals surface area contributed by atoms with Gasteiger partial charge in [-0.2, -0.15) is 0 Å². The Labute approximate surface area is 158 Å². The first-order valence-electron chi connectivity index (χ1n) is 8.91. The number of hydrogen-bond donors (Lipinski definition) is 1. The number of benzene rings is 1. The number of aromatic nitrogens is 1. The number of carbonyl (C=O) groups is 2. The Morgan fingerprint density at radius 1 is 1.22 bits per heavy atom. The molecule has 7 heteroatoms. The van der Waals surface area contributed by atoms with E-state index in [0.717, 1.165) is 18.4 Å². The minimum Gasteiger partial charge on any atom is -0.488 e. The van der Waals surface area contributed by atoms with E-state index in [0.29, 0.717) is 24.6 Å². The van der Waals surface area contributed by atoms with Crippen LogP contribution in [0.2, 0.25) is 0 Å². The largest absolute Gasteiger partial charge is 0.488 e. The molecule has 0 aliphatic carbocycles. The average molecular weight is 369 g/mol. The highest BCUT2D eigenvalue weighted by molar-refractivity contribution is 5.91. The molecule has 2 N–H and O–H groups in total. The highest BCUT2D eigenvalue weighted by atomic mass is 16.5. The van der Waals surface area contributed by atoms with E-state index in [4.69, 9.17) is 15.2 Å². The van der Waals surface area contributed by atoms with E-state index in [-0.39, 0.29) is 24.3 Å². The fourth-order valence-corrected chi connectivity index (χ4v) is 2.94. The minimum atomic E-state index is -0.603. The lowest BCUT2D eigenvalue weighted by atomic mass is 10.1. The van der Waals surface area contributed by atoms with Gasteiger partial charge < -0.3 is 20.1 Å². The molecule has 0 bridgehead atoms. The molecule has 3 rings (SSSR count). The number of rotatable bonds is 6. The molecule has 0 saturated carbocycles. The van der Waals surface area contributed by atoms with Crippen molar-refractivity contribution in [2.24, 2.45) is 5.73 Å². The molecule has 27 heavy (non-hydrogen) atoms. The molecular weight excluding hydrogens is 346 g/mol. The maximum absolute atomic E-state index is 12.5. The van der Waals surface area contributed by atoms with Crippen LogP contribution in [0.3, 0.4) is 0 Å². The molecule has 2 heterocycles. The Morgan fingerprint density at radius 3 is 2.74 bits per heavy atom. The Morgan fingerprint density at radius 2 is 2.00 bits per heavy atom. The van der Waals surface area contributed by atoms with Crippen LogP contribution in [0.15, 0.2) is 42.6 Å². The molecule has 1 aliphatic heterocycles. The summed E-state index contributed by atoms with van der Waals surface area (Å²) in [5.74, 6) is 0.522. The predicted octanol–water partition coefficient (Wildman–Crippen LogP) is 1.94. The van der Waals surface area contributed by atoms with Crippen LogP contribution in [-0.2, 0) is 4.79 Å². The summed E-state index contributed by atoms with van der Waals surface area (Å²) in [5.41, 5.74) is 6.54. The van der Waals surface area contributed by atoms with Crippen molar-refractivity contribution >= 4 is 11.8 Å². The summed E-state index contributed by atoms with van der Waals surface area (Å²) in [6.45, 7) is 3.15. The molecule has 142 valence electrons. The Hall–Kier alpha value is -3.09. The van der Waals surface area contributed by atoms with Gasteiger partial charge in [-0.15, -0.1) is 0 Å². The fourth-order valence-electron chi connectivity index (χ4n) is 2.94. The van der Waals surface area contributed by atoms with Gasteiger partial charge in [-0.1, -0.05) is 17.7 Å². The quantitative estimate of drug-likeness (QED) is 0.840. The van der Waals surface area contributed by atoms with Crippen LogP contribution in [0.25, 0.3) is 0 Å². The molecule has 7 nitrogen and oxygen atoms in total. The smallest absolute Gasteiger partial charge is 0.267 e. The molecule has 1 aromatic carbocycles. The normalized spacial score (nSPS) is 16.6. The van der Waals surface area contributed by atoms with Gasteiger partial charge >= 0.3 is 0 Å². The third-order valence-corrected chi connectivity index (χ3v) is 4.40. The molecular formula is C20H23N3O4. The molecule has 1 atom stereocenters. The molecule has 1 aromatic heterocycles. The molecule has 0 radical (unpaired) electrons. The van der Waals surface area contributed by atoms with Crippen LogP contribution in [0.1, 0.15) is 28.9 Å². The number of likely N-dealkylation sites (tertiary alicyclic amines) is 1. The lowest BCUT2D eigenvalue weighted by Gasteiger charge is -2.32. The van der Waals surface area contributed by atoms with Crippen LogP contribution >= 0.6 is 0 Å². The fraction of sp³-hybridized carbons (Fsp3) is 0.350. The molecule has 0 spiro atoms. The second kappa shape index (κ2) is 8.53. The van der Waals surface area contributed by atoms with Crippen LogP contribution in [0, 0.1) is 6.92 Å². The van der Waals surface area contributed by atoms with Crippen molar-refractivity contribution in [3.8, 4) is 11.5 Å². The van der Waals surface area contributed by atoms with Crippen molar-refractivity contribution in [1.29, 1.82) is 0 Å². The first-order chi connectivity index (χ1) is 13.0. The monoisotopic (exact) mass is 369 g/mol. The van der Waals surface area contributed by atoms with E-state index < -0.39 is 5.91 Å². The lowest BCUT2D eigenvalue weighted by molar-refractivity contribution is -0.136. The topological polar surface area (TPSA) is 94.8 Å². The number of nitrogens with two attached hydrogens (primary N) is 1. The first-order valence-corrected chi connectivity index (χ1v) is 8.91. The molecule has 1 saturated heterocycles. The van der Waals surface area contributed by atoms with Crippen molar-refractivity contribution in [2.45, 2.75) is 25.9 Å². The standard InChI is InChI=1S/C20H23N3O4/c1-14-4-6-15(7-5-14)26-13-19(24)23-10-2-3-17(12-23)27-16-8-9-22-18(11-16)20(21)25/h4-9,11,17H,2-3,10,12-13H2,1H3,(H2,21,25). The highest BCUT2D eigenvalue weighted by Gasteiger charge is 2.25. The minimum absolute atomic E-state index is 0.00311. The van der Waals surface area contributed by atoms with Gasteiger partial charge in [-0.3, -0.25) is 14.6 Å². The van der Waals surface area contributed by atoms with Crippen molar-refractivity contribution in [2.75, 3.05) is 19.7 Å². The zero-order valence-corrected chi connectivity index (χ0v) is 15.3. The average Bonchev–Trinajstić information content (AvgIpc) is 2.67. The number of primary amides is 1. The highest BCUT2D eigenvalue weighted by Crippen LogP contribution is 2.19. The van der Waals surface area contributed by atoms with E-state index in [1.54, 1.807) is 11.0 Å². The van der Waals surface area contributed by atoms with E-state index in [1.165, 1.54) is 12.3 Å². The summed E-state index contributed by atoms with van der Waals surface area (Å²) in [6.07, 6.45) is 3.01. The zero-order chi connectivity index (χ0) is 19.2. The predicted molar refractivity (Wildman–Crippen MR) is 99.7 cm³/mol. The van der Waals surface area contributed by atoms with Gasteiger partial charge in [0.25, 0.3) is 11.8 Å². The van der Waals surface area contributed by atoms with E-state index in [2.05, 4.69) is 4.98 Å². The van der Waals surface area contributed by atoms with E-state index >= 15 is 0 Å². The third kappa shape index (κ3) is 5.20. The summed E-state index contributed by atoms with van der Waals surface area (Å²) in [6, 6.07) is 10.8. The Balaban J connectivity index is 1.53. The van der Waals surface area contributed by atoms with Crippen molar-refractivity contribution in [3.63, 3.8) is 0 Å². The van der Waals surface area contributed by atoms with Gasteiger partial charge in [0, 0.05) is 18.8 Å². The van der Waals surface area contributed by atoms with Gasteiger partial charge in [0.15, 0.2) is 6.61 Å².